The Morgan fingerprint density at radius 3 is 2.29 bits per heavy atom. The topological polar surface area (TPSA) is 46.5 Å². The van der Waals surface area contributed by atoms with Gasteiger partial charge in [-0.2, -0.15) is 0 Å². The minimum atomic E-state index is -0.953. The molecule has 4 heteroatoms. The normalized spacial score (nSPS) is 21.5. The van der Waals surface area contributed by atoms with E-state index in [1.54, 1.807) is 0 Å². The molecule has 0 bridgehead atoms. The van der Waals surface area contributed by atoms with E-state index < -0.39 is 11.6 Å². The van der Waals surface area contributed by atoms with Crippen molar-refractivity contribution in [2.75, 3.05) is 12.5 Å². The number of rotatable bonds is 4. The third kappa shape index (κ3) is 2.85. The van der Waals surface area contributed by atoms with Crippen LogP contribution in [0.1, 0.15) is 38.5 Å². The highest BCUT2D eigenvalue weighted by molar-refractivity contribution is 6.18. The third-order valence-electron chi connectivity index (χ3n) is 2.76. The zero-order valence-corrected chi connectivity index (χ0v) is 9.05. The fraction of sp³-hybridized carbons (Fsp3) is 0.900. The fourth-order valence-corrected chi connectivity index (χ4v) is 2.03. The van der Waals surface area contributed by atoms with Gasteiger partial charge in [0, 0.05) is 5.88 Å². The molecule has 0 amide bonds. The average Bonchev–Trinajstić information content (AvgIpc) is 2.41. The lowest BCUT2D eigenvalue weighted by atomic mass is 9.94. The summed E-state index contributed by atoms with van der Waals surface area (Å²) < 4.78 is 5.43. The summed E-state index contributed by atoms with van der Waals surface area (Å²) in [5.41, 5.74) is -0.953. The minimum Gasteiger partial charge on any atom is -0.479 e. The quantitative estimate of drug-likeness (QED) is 0.585. The van der Waals surface area contributed by atoms with Crippen molar-refractivity contribution in [3.8, 4) is 0 Å². The molecule has 0 aromatic heterocycles. The van der Waals surface area contributed by atoms with Crippen LogP contribution in [0.5, 0.6) is 0 Å². The number of halogens is 1. The molecule has 1 saturated carbocycles. The zero-order valence-electron chi connectivity index (χ0n) is 8.30. The van der Waals surface area contributed by atoms with Gasteiger partial charge in [-0.25, -0.2) is 4.79 Å². The summed E-state index contributed by atoms with van der Waals surface area (Å²) in [6, 6.07) is 0. The van der Waals surface area contributed by atoms with E-state index in [1.165, 1.54) is 0 Å². The largest absolute Gasteiger partial charge is 0.479 e. The van der Waals surface area contributed by atoms with Crippen molar-refractivity contribution in [3.05, 3.63) is 0 Å². The van der Waals surface area contributed by atoms with Crippen LogP contribution in [0.4, 0.5) is 0 Å². The van der Waals surface area contributed by atoms with Crippen LogP contribution >= 0.6 is 11.6 Å². The summed E-state index contributed by atoms with van der Waals surface area (Å²) >= 11 is 5.51. The van der Waals surface area contributed by atoms with E-state index in [0.717, 1.165) is 25.7 Å². The summed E-state index contributed by atoms with van der Waals surface area (Å²) in [5.74, 6) is -0.473. The summed E-state index contributed by atoms with van der Waals surface area (Å²) in [7, 11) is 0. The smallest absolute Gasteiger partial charge is 0.335 e. The van der Waals surface area contributed by atoms with Crippen molar-refractivity contribution in [2.24, 2.45) is 0 Å². The predicted octanol–water partition coefficient (Wildman–Crippen LogP) is 2.42. The van der Waals surface area contributed by atoms with Gasteiger partial charge in [0.05, 0.1) is 6.61 Å². The van der Waals surface area contributed by atoms with Gasteiger partial charge in [-0.1, -0.05) is 12.8 Å². The average molecular weight is 221 g/mol. The Morgan fingerprint density at radius 2 is 1.86 bits per heavy atom. The number of alkyl halides is 1. The Balaban J connectivity index is 2.62. The molecule has 3 nitrogen and oxygen atoms in total. The van der Waals surface area contributed by atoms with Gasteiger partial charge in [0.25, 0.3) is 0 Å². The van der Waals surface area contributed by atoms with E-state index in [0.29, 0.717) is 25.3 Å². The first-order chi connectivity index (χ1) is 6.71. The molecule has 0 unspecified atom stereocenters. The Bertz CT molecular complexity index is 186. The second kappa shape index (κ2) is 5.56. The van der Waals surface area contributed by atoms with Crippen molar-refractivity contribution in [1.29, 1.82) is 0 Å². The molecule has 1 aliphatic carbocycles. The predicted molar refractivity (Wildman–Crippen MR) is 54.7 cm³/mol. The molecule has 0 aliphatic heterocycles. The summed E-state index contributed by atoms with van der Waals surface area (Å²) in [6.45, 7) is 0.327. The van der Waals surface area contributed by atoms with Gasteiger partial charge in [0.1, 0.15) is 0 Å². The first kappa shape index (κ1) is 11.8. The molecule has 0 radical (unpaired) electrons. The van der Waals surface area contributed by atoms with Crippen molar-refractivity contribution in [2.45, 2.75) is 44.1 Å². The summed E-state index contributed by atoms with van der Waals surface area (Å²) in [4.78, 5) is 11.2. The number of carboxylic acids is 1. The van der Waals surface area contributed by atoms with Gasteiger partial charge in [-0.15, -0.1) is 11.6 Å². The molecular weight excluding hydrogens is 204 g/mol. The Kier molecular flexibility index (Phi) is 4.69. The van der Waals surface area contributed by atoms with E-state index in [2.05, 4.69) is 0 Å². The van der Waals surface area contributed by atoms with Crippen LogP contribution in [0.25, 0.3) is 0 Å². The zero-order chi connectivity index (χ0) is 10.4. The first-order valence-electron chi connectivity index (χ1n) is 5.14. The molecule has 1 rings (SSSR count). The Morgan fingerprint density at radius 1 is 1.29 bits per heavy atom. The molecule has 0 aromatic rings. The maximum absolute atomic E-state index is 11.2. The molecule has 1 aliphatic rings. The molecule has 0 saturated heterocycles. The molecule has 1 N–H and O–H groups in total. The minimum absolute atomic E-state index is 0.327. The van der Waals surface area contributed by atoms with E-state index >= 15 is 0 Å². The summed E-state index contributed by atoms with van der Waals surface area (Å²) in [5, 5.41) is 9.17. The summed E-state index contributed by atoms with van der Waals surface area (Å²) in [6.07, 6.45) is 5.35. The monoisotopic (exact) mass is 220 g/mol. The lowest BCUT2D eigenvalue weighted by Gasteiger charge is -2.27. The van der Waals surface area contributed by atoms with Crippen LogP contribution in [0.2, 0.25) is 0 Å². The first-order valence-corrected chi connectivity index (χ1v) is 5.68. The number of hydrogen-bond donors (Lipinski definition) is 1. The molecule has 0 aromatic carbocycles. The van der Waals surface area contributed by atoms with Crippen LogP contribution in [0, 0.1) is 0 Å². The molecule has 1 fully saturated rings. The number of carbonyl (C=O) groups is 1. The standard InChI is InChI=1S/C10H17ClO3/c11-7-8-14-10(9(12)13)5-3-1-2-4-6-10/h1-8H2,(H,12,13). The fourth-order valence-electron chi connectivity index (χ4n) is 1.95. The van der Waals surface area contributed by atoms with Gasteiger partial charge >= 0.3 is 5.97 Å². The van der Waals surface area contributed by atoms with Gasteiger partial charge in [0.15, 0.2) is 5.60 Å². The number of ether oxygens (including phenoxy) is 1. The Labute approximate surface area is 89.4 Å². The molecule has 14 heavy (non-hydrogen) atoms. The molecule has 0 heterocycles. The molecule has 0 spiro atoms. The van der Waals surface area contributed by atoms with Crippen molar-refractivity contribution in [3.63, 3.8) is 0 Å². The highest BCUT2D eigenvalue weighted by Crippen LogP contribution is 2.30. The number of carboxylic acid groups (broad SMARTS) is 1. The van der Waals surface area contributed by atoms with Crippen molar-refractivity contribution >= 4 is 17.6 Å². The van der Waals surface area contributed by atoms with Gasteiger partial charge in [0.2, 0.25) is 0 Å². The molecule has 82 valence electrons. The van der Waals surface area contributed by atoms with Crippen LogP contribution in [0.3, 0.4) is 0 Å². The molecular formula is C10H17ClO3. The highest BCUT2D eigenvalue weighted by Gasteiger charge is 2.39. The number of aliphatic carboxylic acids is 1. The van der Waals surface area contributed by atoms with E-state index in [9.17, 15) is 9.90 Å². The van der Waals surface area contributed by atoms with Gasteiger partial charge < -0.3 is 9.84 Å². The van der Waals surface area contributed by atoms with E-state index in [4.69, 9.17) is 16.3 Å². The maximum Gasteiger partial charge on any atom is 0.335 e. The van der Waals surface area contributed by atoms with E-state index in [-0.39, 0.29) is 0 Å². The van der Waals surface area contributed by atoms with Crippen LogP contribution in [-0.2, 0) is 9.53 Å². The Hall–Kier alpha value is -0.280. The SMILES string of the molecule is O=C(O)C1(OCCCl)CCCCCC1. The van der Waals surface area contributed by atoms with Crippen LogP contribution < -0.4 is 0 Å². The highest BCUT2D eigenvalue weighted by atomic mass is 35.5. The van der Waals surface area contributed by atoms with Gasteiger partial charge in [-0.05, 0) is 25.7 Å². The lowest BCUT2D eigenvalue weighted by molar-refractivity contribution is -0.167. The third-order valence-corrected chi connectivity index (χ3v) is 2.91. The lowest BCUT2D eigenvalue weighted by Crippen LogP contribution is -2.41. The van der Waals surface area contributed by atoms with Gasteiger partial charge in [-0.3, -0.25) is 0 Å². The second-order valence-electron chi connectivity index (χ2n) is 3.75. The van der Waals surface area contributed by atoms with Crippen molar-refractivity contribution < 1.29 is 14.6 Å². The maximum atomic E-state index is 11.2. The number of hydrogen-bond acceptors (Lipinski definition) is 2. The van der Waals surface area contributed by atoms with E-state index in [1.807, 2.05) is 0 Å². The second-order valence-corrected chi connectivity index (χ2v) is 4.13. The van der Waals surface area contributed by atoms with Crippen LogP contribution in [-0.4, -0.2) is 29.2 Å². The molecule has 0 atom stereocenters. The van der Waals surface area contributed by atoms with Crippen LogP contribution in [0.15, 0.2) is 0 Å². The van der Waals surface area contributed by atoms with Crippen molar-refractivity contribution in [1.82, 2.24) is 0 Å².